The van der Waals surface area contributed by atoms with E-state index >= 15 is 0 Å². The fourth-order valence-corrected chi connectivity index (χ4v) is 4.80. The van der Waals surface area contributed by atoms with Crippen LogP contribution >= 0.6 is 0 Å². The van der Waals surface area contributed by atoms with E-state index in [1.165, 1.54) is 5.56 Å². The van der Waals surface area contributed by atoms with Crippen molar-refractivity contribution in [2.75, 3.05) is 13.7 Å². The Kier molecular flexibility index (Phi) is 11.8. The maximum Gasteiger partial charge on any atom is 0.329 e. The molecule has 1 aromatic carbocycles. The van der Waals surface area contributed by atoms with E-state index in [1.54, 1.807) is 13.4 Å². The first-order chi connectivity index (χ1) is 17.2. The Morgan fingerprint density at radius 1 is 1.19 bits per heavy atom. The van der Waals surface area contributed by atoms with E-state index in [0.717, 1.165) is 43.3 Å². The van der Waals surface area contributed by atoms with Crippen LogP contribution in [0.15, 0.2) is 66.2 Å². The van der Waals surface area contributed by atoms with Crippen LogP contribution in [0.2, 0.25) is 0 Å². The molecule has 0 aromatic heterocycles. The second-order valence-electron chi connectivity index (χ2n) is 9.75. The average molecular weight is 498 g/mol. The van der Waals surface area contributed by atoms with Gasteiger partial charge in [-0.2, -0.15) is 0 Å². The number of rotatable bonds is 15. The number of nitrogens with one attached hydrogen (secondary N) is 1. The molecule has 1 fully saturated rings. The summed E-state index contributed by atoms with van der Waals surface area (Å²) in [6.07, 6.45) is 9.46. The number of allylic oxidation sites excluding steroid dienone is 3. The number of carboxylic acids is 1. The summed E-state index contributed by atoms with van der Waals surface area (Å²) in [6.45, 7) is 10.6. The van der Waals surface area contributed by atoms with Gasteiger partial charge in [0, 0.05) is 11.5 Å². The number of carbonyl (C=O) groups is 2. The molecule has 2 atom stereocenters. The van der Waals surface area contributed by atoms with E-state index < -0.39 is 17.4 Å². The SMILES string of the molecule is C=C(/C=C(OC)\C(C)=C\OCC)C(C)C(CCCCc1ccccc1)C(=O)NC1(C(=O)O)CCCC1. The molecule has 0 saturated heterocycles. The Balaban J connectivity index is 2.18. The zero-order chi connectivity index (χ0) is 26.6. The van der Waals surface area contributed by atoms with Gasteiger partial charge in [-0.25, -0.2) is 4.79 Å². The molecular formula is C30H43NO5. The maximum absolute atomic E-state index is 13.6. The first kappa shape index (κ1) is 29.2. The molecule has 2 rings (SSSR count). The third-order valence-corrected chi connectivity index (χ3v) is 7.18. The molecule has 6 heteroatoms. The highest BCUT2D eigenvalue weighted by Crippen LogP contribution is 2.33. The molecule has 198 valence electrons. The molecule has 1 aliphatic carbocycles. The average Bonchev–Trinajstić information content (AvgIpc) is 3.35. The predicted molar refractivity (Wildman–Crippen MR) is 143 cm³/mol. The summed E-state index contributed by atoms with van der Waals surface area (Å²) in [6, 6.07) is 10.3. The van der Waals surface area contributed by atoms with Gasteiger partial charge in [-0.1, -0.05) is 63.1 Å². The summed E-state index contributed by atoms with van der Waals surface area (Å²) >= 11 is 0. The minimum Gasteiger partial charge on any atom is -0.501 e. The molecule has 1 amide bonds. The normalized spacial score (nSPS) is 17.2. The summed E-state index contributed by atoms with van der Waals surface area (Å²) in [4.78, 5) is 25.6. The van der Waals surface area contributed by atoms with Gasteiger partial charge in [0.15, 0.2) is 0 Å². The fourth-order valence-electron chi connectivity index (χ4n) is 4.80. The second-order valence-corrected chi connectivity index (χ2v) is 9.75. The standard InChI is InChI=1S/C30H43NO5/c1-6-36-21-23(3)27(35-5)20-22(2)24(4)26(17-11-10-16-25-14-8-7-9-15-25)28(32)31-30(29(33)34)18-12-13-19-30/h7-9,14-15,20-21,24,26H,2,6,10-13,16-19H2,1,3-5H3,(H,31,32)(H,33,34)/b23-21+,27-20+. The van der Waals surface area contributed by atoms with E-state index in [-0.39, 0.29) is 11.8 Å². The van der Waals surface area contributed by atoms with Crippen molar-refractivity contribution in [2.45, 2.75) is 77.7 Å². The topological polar surface area (TPSA) is 84.9 Å². The molecule has 36 heavy (non-hydrogen) atoms. The predicted octanol–water partition coefficient (Wildman–Crippen LogP) is 6.19. The minimum atomic E-state index is -1.16. The molecule has 1 aromatic rings. The Morgan fingerprint density at radius 3 is 2.44 bits per heavy atom. The zero-order valence-electron chi connectivity index (χ0n) is 22.3. The van der Waals surface area contributed by atoms with Gasteiger partial charge in [0.2, 0.25) is 5.91 Å². The third-order valence-electron chi connectivity index (χ3n) is 7.18. The summed E-state index contributed by atoms with van der Waals surface area (Å²) in [5.74, 6) is -1.11. The van der Waals surface area contributed by atoms with Gasteiger partial charge in [0.25, 0.3) is 0 Å². The Morgan fingerprint density at radius 2 is 1.86 bits per heavy atom. The lowest BCUT2D eigenvalue weighted by atomic mass is 9.82. The Hall–Kier alpha value is -3.02. The van der Waals surface area contributed by atoms with Crippen LogP contribution < -0.4 is 5.32 Å². The van der Waals surface area contributed by atoms with Crippen molar-refractivity contribution in [1.29, 1.82) is 0 Å². The quantitative estimate of drug-likeness (QED) is 0.171. The van der Waals surface area contributed by atoms with E-state index in [4.69, 9.17) is 9.47 Å². The van der Waals surface area contributed by atoms with Gasteiger partial charge in [-0.3, -0.25) is 4.79 Å². The van der Waals surface area contributed by atoms with Crippen LogP contribution in [0.25, 0.3) is 0 Å². The smallest absolute Gasteiger partial charge is 0.329 e. The highest BCUT2D eigenvalue weighted by molar-refractivity contribution is 5.88. The largest absolute Gasteiger partial charge is 0.501 e. The monoisotopic (exact) mass is 497 g/mol. The highest BCUT2D eigenvalue weighted by atomic mass is 16.5. The van der Waals surface area contributed by atoms with E-state index in [2.05, 4.69) is 24.0 Å². The van der Waals surface area contributed by atoms with Gasteiger partial charge < -0.3 is 19.9 Å². The van der Waals surface area contributed by atoms with Crippen molar-refractivity contribution in [3.63, 3.8) is 0 Å². The van der Waals surface area contributed by atoms with Gasteiger partial charge in [0.1, 0.15) is 11.3 Å². The van der Waals surface area contributed by atoms with Crippen LogP contribution in [0.5, 0.6) is 0 Å². The lowest BCUT2D eigenvalue weighted by Crippen LogP contribution is -2.54. The number of hydrogen-bond donors (Lipinski definition) is 2. The third kappa shape index (κ3) is 8.28. The fraction of sp³-hybridized carbons (Fsp3) is 0.533. The summed E-state index contributed by atoms with van der Waals surface area (Å²) in [7, 11) is 1.59. The number of carboxylic acid groups (broad SMARTS) is 1. The molecule has 0 radical (unpaired) electrons. The number of unbranched alkanes of at least 4 members (excludes halogenated alkanes) is 1. The number of methoxy groups -OCH3 is 1. The van der Waals surface area contributed by atoms with Crippen molar-refractivity contribution in [3.05, 3.63) is 71.7 Å². The number of aliphatic carboxylic acids is 1. The number of aryl methyl sites for hydroxylation is 1. The van der Waals surface area contributed by atoms with Gasteiger partial charge in [-0.05, 0) is 69.1 Å². The molecule has 0 aliphatic heterocycles. The van der Waals surface area contributed by atoms with Crippen LogP contribution in [0.4, 0.5) is 0 Å². The molecule has 1 saturated carbocycles. The van der Waals surface area contributed by atoms with E-state index in [1.807, 2.05) is 45.0 Å². The Bertz CT molecular complexity index is 928. The molecule has 1 aliphatic rings. The summed E-state index contributed by atoms with van der Waals surface area (Å²) < 4.78 is 10.9. The summed E-state index contributed by atoms with van der Waals surface area (Å²) in [5.41, 5.74) is 1.70. The number of amides is 1. The maximum atomic E-state index is 13.6. The van der Waals surface area contributed by atoms with Crippen LogP contribution in [-0.2, 0) is 25.5 Å². The second kappa shape index (κ2) is 14.5. The highest BCUT2D eigenvalue weighted by Gasteiger charge is 2.44. The van der Waals surface area contributed by atoms with Gasteiger partial charge >= 0.3 is 5.97 Å². The Labute approximate surface area is 216 Å². The van der Waals surface area contributed by atoms with Crippen molar-refractivity contribution in [2.24, 2.45) is 11.8 Å². The van der Waals surface area contributed by atoms with Gasteiger partial charge in [-0.15, -0.1) is 0 Å². The van der Waals surface area contributed by atoms with E-state index in [9.17, 15) is 14.7 Å². The zero-order valence-corrected chi connectivity index (χ0v) is 22.3. The van der Waals surface area contributed by atoms with Crippen LogP contribution in [0.1, 0.15) is 71.3 Å². The first-order valence-corrected chi connectivity index (χ1v) is 13.1. The van der Waals surface area contributed by atoms with Crippen molar-refractivity contribution >= 4 is 11.9 Å². The van der Waals surface area contributed by atoms with Crippen LogP contribution in [0.3, 0.4) is 0 Å². The number of hydrogen-bond acceptors (Lipinski definition) is 4. The molecule has 0 spiro atoms. The van der Waals surface area contributed by atoms with Crippen molar-refractivity contribution in [1.82, 2.24) is 5.32 Å². The lowest BCUT2D eigenvalue weighted by Gasteiger charge is -2.31. The molecule has 2 N–H and O–H groups in total. The molecule has 0 bridgehead atoms. The van der Waals surface area contributed by atoms with Gasteiger partial charge in [0.05, 0.1) is 20.0 Å². The molecular weight excluding hydrogens is 454 g/mol. The molecule has 2 unspecified atom stereocenters. The number of ether oxygens (including phenoxy) is 2. The molecule has 0 heterocycles. The molecule has 6 nitrogen and oxygen atoms in total. The summed E-state index contributed by atoms with van der Waals surface area (Å²) in [5, 5.41) is 12.8. The number of benzene rings is 1. The number of carbonyl (C=O) groups excluding carboxylic acids is 1. The minimum absolute atomic E-state index is 0.195. The van der Waals surface area contributed by atoms with Crippen LogP contribution in [0, 0.1) is 11.8 Å². The first-order valence-electron chi connectivity index (χ1n) is 13.1. The van der Waals surface area contributed by atoms with Crippen molar-refractivity contribution in [3.8, 4) is 0 Å². The van der Waals surface area contributed by atoms with Crippen molar-refractivity contribution < 1.29 is 24.2 Å². The lowest BCUT2D eigenvalue weighted by molar-refractivity contribution is -0.148. The van der Waals surface area contributed by atoms with E-state index in [0.29, 0.717) is 31.6 Å². The van der Waals surface area contributed by atoms with Crippen LogP contribution in [-0.4, -0.2) is 36.2 Å².